The van der Waals surface area contributed by atoms with Crippen molar-refractivity contribution in [2.75, 3.05) is 40.4 Å². The second-order valence-electron chi connectivity index (χ2n) is 6.34. The number of hydrogen-bond donors (Lipinski definition) is 0. The lowest BCUT2D eigenvalue weighted by Crippen LogP contribution is -2.50. The van der Waals surface area contributed by atoms with Gasteiger partial charge in [-0.1, -0.05) is 0 Å². The lowest BCUT2D eigenvalue weighted by atomic mass is 10.1. The number of halogens is 2. The molecule has 10 heteroatoms. The van der Waals surface area contributed by atoms with E-state index in [2.05, 4.69) is 0 Å². The summed E-state index contributed by atoms with van der Waals surface area (Å²) in [7, 11) is -1.04. The number of benzene rings is 2. The fourth-order valence-corrected chi connectivity index (χ4v) is 4.50. The van der Waals surface area contributed by atoms with Gasteiger partial charge in [0.1, 0.15) is 11.5 Å². The number of amides is 1. The van der Waals surface area contributed by atoms with Crippen molar-refractivity contribution in [2.45, 2.75) is 4.90 Å². The molecule has 156 valence electrons. The number of sulfonamides is 1. The number of rotatable bonds is 5. The minimum atomic E-state index is -3.99. The molecule has 0 saturated carbocycles. The van der Waals surface area contributed by atoms with Crippen molar-refractivity contribution in [1.29, 1.82) is 0 Å². The summed E-state index contributed by atoms with van der Waals surface area (Å²) in [6.45, 7) is 0.366. The highest BCUT2D eigenvalue weighted by molar-refractivity contribution is 7.89. The Balaban J connectivity index is 1.73. The van der Waals surface area contributed by atoms with E-state index in [1.54, 1.807) is 18.2 Å². The zero-order valence-electron chi connectivity index (χ0n) is 15.9. The molecule has 0 radical (unpaired) electrons. The van der Waals surface area contributed by atoms with Gasteiger partial charge in [0.15, 0.2) is 11.6 Å². The molecule has 0 atom stereocenters. The molecule has 2 aromatic carbocycles. The van der Waals surface area contributed by atoms with Crippen LogP contribution in [-0.4, -0.2) is 63.9 Å². The van der Waals surface area contributed by atoms with Crippen molar-refractivity contribution in [3.63, 3.8) is 0 Å². The van der Waals surface area contributed by atoms with Crippen LogP contribution in [0.2, 0.25) is 0 Å². The number of nitrogens with zero attached hydrogens (tertiary/aromatic N) is 2. The quantitative estimate of drug-likeness (QED) is 0.732. The number of carbonyl (C=O) groups is 1. The molecule has 2 aromatic rings. The monoisotopic (exact) mass is 426 g/mol. The summed E-state index contributed by atoms with van der Waals surface area (Å²) in [5.74, 6) is -1.75. The van der Waals surface area contributed by atoms with Gasteiger partial charge in [0, 0.05) is 32.2 Å². The number of ether oxygens (including phenoxy) is 2. The first-order valence-corrected chi connectivity index (χ1v) is 10.2. The molecule has 0 bridgehead atoms. The maximum absolute atomic E-state index is 13.4. The van der Waals surface area contributed by atoms with Gasteiger partial charge < -0.3 is 14.4 Å². The molecule has 1 aliphatic heterocycles. The Morgan fingerprint density at radius 2 is 1.62 bits per heavy atom. The van der Waals surface area contributed by atoms with Crippen LogP contribution in [0.15, 0.2) is 41.3 Å². The summed E-state index contributed by atoms with van der Waals surface area (Å²) < 4.78 is 63.4. The molecule has 7 nitrogen and oxygen atoms in total. The van der Waals surface area contributed by atoms with Crippen LogP contribution in [0.3, 0.4) is 0 Å². The largest absolute Gasteiger partial charge is 0.497 e. The first-order chi connectivity index (χ1) is 13.8. The molecule has 1 aliphatic rings. The highest BCUT2D eigenvalue weighted by Crippen LogP contribution is 2.27. The van der Waals surface area contributed by atoms with Gasteiger partial charge in [-0.15, -0.1) is 0 Å². The molecule has 1 amide bonds. The van der Waals surface area contributed by atoms with Gasteiger partial charge in [-0.05, 0) is 30.3 Å². The average molecular weight is 426 g/mol. The zero-order valence-corrected chi connectivity index (χ0v) is 16.7. The summed E-state index contributed by atoms with van der Waals surface area (Å²) in [5, 5.41) is 0. The molecule has 0 N–H and O–H groups in total. The molecule has 0 spiro atoms. The van der Waals surface area contributed by atoms with Crippen molar-refractivity contribution < 1.29 is 31.5 Å². The van der Waals surface area contributed by atoms with Crippen molar-refractivity contribution >= 4 is 15.9 Å². The minimum absolute atomic E-state index is 0.0333. The second-order valence-corrected chi connectivity index (χ2v) is 8.28. The molecule has 1 saturated heterocycles. The Hall–Kier alpha value is -2.72. The van der Waals surface area contributed by atoms with E-state index < -0.39 is 21.7 Å². The number of piperazine rings is 1. The summed E-state index contributed by atoms with van der Waals surface area (Å²) in [5.41, 5.74) is 0.338. The van der Waals surface area contributed by atoms with Crippen LogP contribution in [0.25, 0.3) is 0 Å². The fraction of sp³-hybridized carbons (Fsp3) is 0.316. The lowest BCUT2D eigenvalue weighted by molar-refractivity contribution is 0.0694. The van der Waals surface area contributed by atoms with Crippen LogP contribution < -0.4 is 9.47 Å². The third kappa shape index (κ3) is 4.18. The van der Waals surface area contributed by atoms with Crippen LogP contribution in [0.1, 0.15) is 10.4 Å². The molecule has 1 heterocycles. The third-order valence-corrected chi connectivity index (χ3v) is 6.59. The van der Waals surface area contributed by atoms with E-state index in [-0.39, 0.29) is 37.0 Å². The van der Waals surface area contributed by atoms with Crippen molar-refractivity contribution in [3.05, 3.63) is 53.6 Å². The Labute approximate surface area is 167 Å². The van der Waals surface area contributed by atoms with E-state index in [1.807, 2.05) is 0 Å². The highest BCUT2D eigenvalue weighted by Gasteiger charge is 2.31. The summed E-state index contributed by atoms with van der Waals surface area (Å²) in [6.07, 6.45) is 0. The molecule has 0 unspecified atom stereocenters. The van der Waals surface area contributed by atoms with Crippen molar-refractivity contribution in [1.82, 2.24) is 9.21 Å². The first kappa shape index (κ1) is 21.0. The standard InChI is InChI=1S/C19H20F2N2O5S/c1-27-13-3-5-15(18(11-13)28-2)19(24)22-7-9-23(10-8-22)29(25,26)14-4-6-16(20)17(21)12-14/h3-6,11-12H,7-10H2,1-2H3. The molecule has 29 heavy (non-hydrogen) atoms. The average Bonchev–Trinajstić information content (AvgIpc) is 2.74. The SMILES string of the molecule is COc1ccc(C(=O)N2CCN(S(=O)(=O)c3ccc(F)c(F)c3)CC2)c(OC)c1. The smallest absolute Gasteiger partial charge is 0.257 e. The minimum Gasteiger partial charge on any atom is -0.497 e. The van der Waals surface area contributed by atoms with Crippen LogP contribution in [-0.2, 0) is 10.0 Å². The molecule has 0 aromatic heterocycles. The van der Waals surface area contributed by atoms with Gasteiger partial charge in [0.05, 0.1) is 24.7 Å². The van der Waals surface area contributed by atoms with E-state index >= 15 is 0 Å². The Morgan fingerprint density at radius 3 is 2.21 bits per heavy atom. The third-order valence-electron chi connectivity index (χ3n) is 4.69. The van der Waals surface area contributed by atoms with E-state index in [4.69, 9.17) is 9.47 Å². The normalized spacial score (nSPS) is 15.2. The van der Waals surface area contributed by atoms with Crippen molar-refractivity contribution in [2.24, 2.45) is 0 Å². The van der Waals surface area contributed by atoms with Gasteiger partial charge in [0.25, 0.3) is 5.91 Å². The van der Waals surface area contributed by atoms with E-state index in [0.717, 1.165) is 16.4 Å². The Bertz CT molecular complexity index is 1020. The summed E-state index contributed by atoms with van der Waals surface area (Å²) in [4.78, 5) is 14.0. The zero-order chi connectivity index (χ0) is 21.2. The first-order valence-electron chi connectivity index (χ1n) is 8.74. The summed E-state index contributed by atoms with van der Waals surface area (Å²) in [6, 6.07) is 7.27. The van der Waals surface area contributed by atoms with Gasteiger partial charge >= 0.3 is 0 Å². The molecular weight excluding hydrogens is 406 g/mol. The fourth-order valence-electron chi connectivity index (χ4n) is 3.06. The van der Waals surface area contributed by atoms with Gasteiger partial charge in [-0.2, -0.15) is 4.31 Å². The van der Waals surface area contributed by atoms with Crippen LogP contribution >= 0.6 is 0 Å². The van der Waals surface area contributed by atoms with E-state index in [1.165, 1.54) is 19.1 Å². The highest BCUT2D eigenvalue weighted by atomic mass is 32.2. The van der Waals surface area contributed by atoms with Gasteiger partial charge in [0.2, 0.25) is 10.0 Å². The number of carbonyl (C=O) groups excluding carboxylic acids is 1. The molecule has 0 aliphatic carbocycles. The molecular formula is C19H20F2N2O5S. The van der Waals surface area contributed by atoms with Gasteiger partial charge in [-0.25, -0.2) is 17.2 Å². The van der Waals surface area contributed by atoms with Gasteiger partial charge in [-0.3, -0.25) is 4.79 Å². The molecule has 1 fully saturated rings. The topological polar surface area (TPSA) is 76.2 Å². The summed E-state index contributed by atoms with van der Waals surface area (Å²) >= 11 is 0. The maximum Gasteiger partial charge on any atom is 0.257 e. The number of hydrogen-bond acceptors (Lipinski definition) is 5. The van der Waals surface area contributed by atoms with Crippen molar-refractivity contribution in [3.8, 4) is 11.5 Å². The van der Waals surface area contributed by atoms with E-state index in [9.17, 15) is 22.0 Å². The predicted octanol–water partition coefficient (Wildman–Crippen LogP) is 2.13. The number of methoxy groups -OCH3 is 2. The Morgan fingerprint density at radius 1 is 0.931 bits per heavy atom. The van der Waals surface area contributed by atoms with Crippen LogP contribution in [0.4, 0.5) is 8.78 Å². The second kappa shape index (κ2) is 8.34. The Kier molecular flexibility index (Phi) is 6.04. The maximum atomic E-state index is 13.4. The molecule has 3 rings (SSSR count). The van der Waals surface area contributed by atoms with E-state index in [0.29, 0.717) is 23.1 Å². The van der Waals surface area contributed by atoms with Crippen LogP contribution in [0, 0.1) is 11.6 Å². The predicted molar refractivity (Wildman–Crippen MR) is 101 cm³/mol. The lowest BCUT2D eigenvalue weighted by Gasteiger charge is -2.34. The van der Waals surface area contributed by atoms with Crippen LogP contribution in [0.5, 0.6) is 11.5 Å².